The zero-order valence-corrected chi connectivity index (χ0v) is 28.0. The fourth-order valence-electron chi connectivity index (χ4n) is 12.9. The first-order valence-electron chi connectivity index (χ1n) is 17.4. The van der Waals surface area contributed by atoms with Gasteiger partial charge in [-0.1, -0.05) is 39.8 Å². The molecule has 1 heterocycles. The average Bonchev–Trinajstić information content (AvgIpc) is 3.40. The lowest BCUT2D eigenvalue weighted by Gasteiger charge is -2.72. The summed E-state index contributed by atoms with van der Waals surface area (Å²) >= 11 is 0. The first kappa shape index (κ1) is 34.0. The van der Waals surface area contributed by atoms with E-state index < -0.39 is 59.6 Å². The van der Waals surface area contributed by atoms with Gasteiger partial charge in [-0.05, 0) is 117 Å². The lowest BCUT2D eigenvalue weighted by atomic mass is 9.32. The minimum Gasteiger partial charge on any atom is -0.481 e. The molecule has 6 aliphatic rings. The number of aliphatic hydroxyl groups is 3. The molecule has 0 aromatic carbocycles. The van der Waals surface area contributed by atoms with Crippen molar-refractivity contribution in [3.8, 4) is 0 Å². The molecule has 0 spiro atoms. The standard InChI is InChI=1S/C36H54O10/c1-18(2)19-9-14-36(31(43)44)16-15-34(5)20(24(19)36)7-8-22-32(3)12-11-23(33(4,17-37)21(32)10-13-35(22,34)6)45-30-27(40)25(38)26(39)28(46-30)29(41)42/h17,19-28,30,38-40H,1,7-16H2,2-6H3,(H,41,42)(H,43,44)/t19-,20+,21?,22+,23-,24?,25-,26-,27+,28-,30+,32-,33-,34+,35+,36-/m0/s1. The summed E-state index contributed by atoms with van der Waals surface area (Å²) in [5.74, 6) is -1.27. The lowest BCUT2D eigenvalue weighted by Crippen LogP contribution is -2.68. The van der Waals surface area contributed by atoms with Crippen molar-refractivity contribution in [3.05, 3.63) is 12.2 Å². The highest BCUT2D eigenvalue weighted by Crippen LogP contribution is 2.77. The van der Waals surface area contributed by atoms with E-state index in [1.54, 1.807) is 0 Å². The maximum atomic E-state index is 13.1. The van der Waals surface area contributed by atoms with E-state index in [0.717, 1.165) is 63.2 Å². The predicted octanol–water partition coefficient (Wildman–Crippen LogP) is 4.19. The molecule has 0 aromatic rings. The molecule has 5 aliphatic carbocycles. The summed E-state index contributed by atoms with van der Waals surface area (Å²) in [4.78, 5) is 37.8. The van der Waals surface area contributed by atoms with Gasteiger partial charge >= 0.3 is 11.9 Å². The molecular formula is C36H54O10. The van der Waals surface area contributed by atoms with Gasteiger partial charge in [0.15, 0.2) is 12.4 Å². The molecule has 10 heteroatoms. The van der Waals surface area contributed by atoms with Crippen LogP contribution in [-0.2, 0) is 23.9 Å². The maximum absolute atomic E-state index is 13.1. The topological polar surface area (TPSA) is 171 Å². The second kappa shape index (κ2) is 11.1. The molecule has 2 unspecified atom stereocenters. The quantitative estimate of drug-likeness (QED) is 0.160. The fraction of sp³-hybridized carbons (Fsp3) is 0.861. The van der Waals surface area contributed by atoms with E-state index in [9.17, 15) is 39.9 Å². The zero-order chi connectivity index (χ0) is 33.8. The third-order valence-electron chi connectivity index (χ3n) is 15.5. The van der Waals surface area contributed by atoms with E-state index in [0.29, 0.717) is 18.8 Å². The van der Waals surface area contributed by atoms with Crippen molar-refractivity contribution in [1.29, 1.82) is 0 Å². The molecule has 5 saturated carbocycles. The van der Waals surface area contributed by atoms with Crippen molar-refractivity contribution in [3.63, 3.8) is 0 Å². The predicted molar refractivity (Wildman–Crippen MR) is 166 cm³/mol. The van der Waals surface area contributed by atoms with E-state index in [4.69, 9.17) is 9.47 Å². The van der Waals surface area contributed by atoms with Crippen molar-refractivity contribution in [2.45, 2.75) is 136 Å². The van der Waals surface area contributed by atoms with Crippen LogP contribution in [0.5, 0.6) is 0 Å². The normalized spacial score (nSPS) is 54.8. The van der Waals surface area contributed by atoms with Gasteiger partial charge in [-0.25, -0.2) is 4.79 Å². The monoisotopic (exact) mass is 646 g/mol. The molecule has 0 bridgehead atoms. The van der Waals surface area contributed by atoms with Crippen molar-refractivity contribution < 1.29 is 49.4 Å². The fourth-order valence-corrected chi connectivity index (χ4v) is 12.9. The Morgan fingerprint density at radius 3 is 2.13 bits per heavy atom. The highest BCUT2D eigenvalue weighted by atomic mass is 16.7. The summed E-state index contributed by atoms with van der Waals surface area (Å²) in [7, 11) is 0. The van der Waals surface area contributed by atoms with Crippen LogP contribution in [0.4, 0.5) is 0 Å². The van der Waals surface area contributed by atoms with Gasteiger partial charge in [-0.15, -0.1) is 0 Å². The van der Waals surface area contributed by atoms with Crippen molar-refractivity contribution in [2.75, 3.05) is 0 Å². The van der Waals surface area contributed by atoms with Gasteiger partial charge in [-0.3, -0.25) is 4.79 Å². The molecule has 0 amide bonds. The van der Waals surface area contributed by atoms with E-state index >= 15 is 0 Å². The number of carboxylic acids is 2. The largest absolute Gasteiger partial charge is 0.481 e. The maximum Gasteiger partial charge on any atom is 0.335 e. The van der Waals surface area contributed by atoms with E-state index in [1.807, 2.05) is 6.92 Å². The number of carbonyl (C=O) groups is 3. The number of aliphatic carboxylic acids is 2. The summed E-state index contributed by atoms with van der Waals surface area (Å²) in [6, 6.07) is 0. The Hall–Kier alpha value is -1.85. The first-order chi connectivity index (χ1) is 21.4. The number of carbonyl (C=O) groups excluding carboxylic acids is 1. The Kier molecular flexibility index (Phi) is 8.20. The number of allylic oxidation sites excluding steroid dienone is 1. The number of rotatable bonds is 6. The van der Waals surface area contributed by atoms with Crippen LogP contribution in [0.25, 0.3) is 0 Å². The second-order valence-electron chi connectivity index (χ2n) is 17.0. The number of aliphatic hydroxyl groups excluding tert-OH is 3. The number of carboxylic acid groups (broad SMARTS) is 2. The molecular weight excluding hydrogens is 592 g/mol. The number of ether oxygens (including phenoxy) is 2. The van der Waals surface area contributed by atoms with Crippen LogP contribution in [0.1, 0.15) is 98.8 Å². The van der Waals surface area contributed by atoms with Gasteiger partial charge < -0.3 is 39.8 Å². The van der Waals surface area contributed by atoms with Crippen LogP contribution in [-0.4, -0.2) is 80.6 Å². The third-order valence-corrected chi connectivity index (χ3v) is 15.5. The minimum absolute atomic E-state index is 0.0441. The molecule has 258 valence electrons. The first-order valence-corrected chi connectivity index (χ1v) is 17.4. The Bertz CT molecular complexity index is 1290. The van der Waals surface area contributed by atoms with Gasteiger partial charge in [0, 0.05) is 0 Å². The van der Waals surface area contributed by atoms with E-state index in [1.165, 1.54) is 0 Å². The van der Waals surface area contributed by atoms with Crippen molar-refractivity contribution >= 4 is 18.2 Å². The summed E-state index contributed by atoms with van der Waals surface area (Å²) < 4.78 is 11.7. The van der Waals surface area contributed by atoms with Gasteiger partial charge in [0.05, 0.1) is 16.9 Å². The molecule has 6 rings (SSSR count). The average molecular weight is 647 g/mol. The Morgan fingerprint density at radius 2 is 1.52 bits per heavy atom. The smallest absolute Gasteiger partial charge is 0.335 e. The molecule has 10 nitrogen and oxygen atoms in total. The summed E-state index contributed by atoms with van der Waals surface area (Å²) in [6.45, 7) is 15.5. The minimum atomic E-state index is -1.82. The van der Waals surface area contributed by atoms with Gasteiger partial charge in [0.2, 0.25) is 0 Å². The molecule has 16 atom stereocenters. The molecule has 6 fully saturated rings. The highest BCUT2D eigenvalue weighted by Gasteiger charge is 2.72. The van der Waals surface area contributed by atoms with Crippen molar-refractivity contribution in [2.24, 2.45) is 56.7 Å². The summed E-state index contributed by atoms with van der Waals surface area (Å²) in [6.07, 6.45) is -0.239. The molecule has 0 aromatic heterocycles. The van der Waals surface area contributed by atoms with Crippen molar-refractivity contribution in [1.82, 2.24) is 0 Å². The van der Waals surface area contributed by atoms with Crippen LogP contribution in [0.2, 0.25) is 0 Å². The Labute approximate surface area is 271 Å². The third kappa shape index (κ3) is 4.35. The number of fused-ring (bicyclic) bond motifs is 7. The van der Waals surface area contributed by atoms with Gasteiger partial charge in [0.1, 0.15) is 24.6 Å². The molecule has 5 N–H and O–H groups in total. The van der Waals surface area contributed by atoms with Gasteiger partial charge in [0.25, 0.3) is 0 Å². The molecule has 46 heavy (non-hydrogen) atoms. The van der Waals surface area contributed by atoms with Crippen LogP contribution in [0, 0.1) is 56.7 Å². The van der Waals surface area contributed by atoms with Crippen LogP contribution < -0.4 is 0 Å². The SMILES string of the molecule is C=C(C)[C@@H]1CC[C@]2(C(=O)O)CC[C@]3(C)[C@H](CC[C@@H]4[C@@]5(C)CC[C@H](O[C@@H]6O[C@H](C(=O)O)[C@@H](O)[C@H](O)[C@H]6O)[C@@](C)(C=O)C5CC[C@]43C)C12. The number of hydrogen-bond acceptors (Lipinski definition) is 8. The highest BCUT2D eigenvalue weighted by molar-refractivity contribution is 5.76. The van der Waals surface area contributed by atoms with Crippen LogP contribution in [0.3, 0.4) is 0 Å². The Morgan fingerprint density at radius 1 is 0.826 bits per heavy atom. The van der Waals surface area contributed by atoms with E-state index in [-0.39, 0.29) is 39.9 Å². The molecule has 1 saturated heterocycles. The molecule has 0 radical (unpaired) electrons. The summed E-state index contributed by atoms with van der Waals surface area (Å²) in [5, 5.41) is 51.3. The van der Waals surface area contributed by atoms with Gasteiger partial charge in [-0.2, -0.15) is 0 Å². The Balaban J connectivity index is 1.29. The van der Waals surface area contributed by atoms with Crippen LogP contribution >= 0.6 is 0 Å². The lowest BCUT2D eigenvalue weighted by molar-refractivity contribution is -0.323. The van der Waals surface area contributed by atoms with E-state index in [2.05, 4.69) is 34.3 Å². The second-order valence-corrected chi connectivity index (χ2v) is 17.0. The number of hydrogen-bond donors (Lipinski definition) is 5. The van der Waals surface area contributed by atoms with Crippen LogP contribution in [0.15, 0.2) is 12.2 Å². The number of aldehydes is 1. The molecule has 1 aliphatic heterocycles. The summed E-state index contributed by atoms with van der Waals surface area (Å²) in [5.41, 5.74) is -0.853. The zero-order valence-electron chi connectivity index (χ0n) is 28.0.